The lowest BCUT2D eigenvalue weighted by Gasteiger charge is -2.13. The van der Waals surface area contributed by atoms with Crippen LogP contribution in [-0.4, -0.2) is 16.3 Å². The maximum Gasteiger partial charge on any atom is 0.170 e. The van der Waals surface area contributed by atoms with E-state index in [4.69, 9.17) is 27.2 Å². The lowest BCUT2D eigenvalue weighted by atomic mass is 10.0. The van der Waals surface area contributed by atoms with Gasteiger partial charge in [-0.2, -0.15) is 10.5 Å². The highest BCUT2D eigenvalue weighted by molar-refractivity contribution is 6.31. The second kappa shape index (κ2) is 4.77. The van der Waals surface area contributed by atoms with Crippen LogP contribution in [0.1, 0.15) is 17.2 Å². The van der Waals surface area contributed by atoms with Crippen LogP contribution in [0.5, 0.6) is 0 Å². The largest absolute Gasteiger partial charge is 0.384 e. The van der Waals surface area contributed by atoms with Crippen LogP contribution in [0, 0.1) is 22.7 Å². The first kappa shape index (κ1) is 11.5. The van der Waals surface area contributed by atoms with Crippen LogP contribution < -0.4 is 0 Å². The number of halogens is 1. The molecule has 76 valence electrons. The molecular formula is C10H7ClN2O2. The quantitative estimate of drug-likeness (QED) is 0.735. The van der Waals surface area contributed by atoms with Crippen molar-refractivity contribution in [3.8, 4) is 12.1 Å². The van der Waals surface area contributed by atoms with Gasteiger partial charge in [-0.25, -0.2) is 0 Å². The van der Waals surface area contributed by atoms with Gasteiger partial charge in [0.1, 0.15) is 6.10 Å². The fraction of sp³-hybridized carbons (Fsp3) is 0.200. The summed E-state index contributed by atoms with van der Waals surface area (Å²) in [6, 6.07) is 7.62. The second-order valence-electron chi connectivity index (χ2n) is 2.87. The molecular weight excluding hydrogens is 216 g/mol. The van der Waals surface area contributed by atoms with Crippen LogP contribution in [0.4, 0.5) is 0 Å². The first-order valence-corrected chi connectivity index (χ1v) is 4.43. The molecule has 1 aromatic carbocycles. The fourth-order valence-electron chi connectivity index (χ4n) is 1.08. The van der Waals surface area contributed by atoms with Gasteiger partial charge in [-0.1, -0.05) is 11.6 Å². The summed E-state index contributed by atoms with van der Waals surface area (Å²) in [5, 5.41) is 35.9. The number of hydrogen-bond acceptors (Lipinski definition) is 4. The van der Waals surface area contributed by atoms with Crippen molar-refractivity contribution in [3.05, 3.63) is 34.3 Å². The van der Waals surface area contributed by atoms with Gasteiger partial charge in [0.25, 0.3) is 0 Å². The van der Waals surface area contributed by atoms with E-state index in [0.29, 0.717) is 5.56 Å². The summed E-state index contributed by atoms with van der Waals surface area (Å²) < 4.78 is 0. The van der Waals surface area contributed by atoms with Crippen molar-refractivity contribution < 1.29 is 10.2 Å². The molecule has 0 aromatic heterocycles. The topological polar surface area (TPSA) is 88.0 Å². The molecule has 0 heterocycles. The minimum atomic E-state index is -1.56. The van der Waals surface area contributed by atoms with Crippen molar-refractivity contribution in [2.24, 2.45) is 0 Å². The number of rotatable bonds is 2. The zero-order valence-corrected chi connectivity index (χ0v) is 8.31. The summed E-state index contributed by atoms with van der Waals surface area (Å²) in [6.07, 6.45) is -2.97. The normalized spacial score (nSPS) is 13.7. The third-order valence-electron chi connectivity index (χ3n) is 1.88. The smallest absolute Gasteiger partial charge is 0.170 e. The number of aliphatic hydroxyl groups is 2. The van der Waals surface area contributed by atoms with E-state index in [1.54, 1.807) is 0 Å². The van der Waals surface area contributed by atoms with Gasteiger partial charge in [0.05, 0.1) is 17.7 Å². The molecule has 4 nitrogen and oxygen atoms in total. The molecule has 2 unspecified atom stereocenters. The van der Waals surface area contributed by atoms with E-state index in [1.165, 1.54) is 24.3 Å². The Bertz CT molecular complexity index is 448. The Labute approximate surface area is 91.6 Å². The molecule has 0 bridgehead atoms. The summed E-state index contributed by atoms with van der Waals surface area (Å²) in [5.41, 5.74) is 0.475. The Morgan fingerprint density at radius 3 is 2.47 bits per heavy atom. The summed E-state index contributed by atoms with van der Waals surface area (Å²) in [4.78, 5) is 0. The van der Waals surface area contributed by atoms with Gasteiger partial charge in [0.2, 0.25) is 0 Å². The molecule has 15 heavy (non-hydrogen) atoms. The molecule has 0 aliphatic carbocycles. The molecule has 0 radical (unpaired) electrons. The van der Waals surface area contributed by atoms with E-state index in [9.17, 15) is 5.11 Å². The van der Waals surface area contributed by atoms with Crippen LogP contribution in [-0.2, 0) is 0 Å². The molecule has 1 aromatic rings. The number of benzene rings is 1. The lowest BCUT2D eigenvalue weighted by Crippen LogP contribution is -2.16. The molecule has 0 fully saturated rings. The van der Waals surface area contributed by atoms with Crippen molar-refractivity contribution in [3.63, 3.8) is 0 Å². The molecule has 0 saturated carbocycles. The molecule has 0 amide bonds. The van der Waals surface area contributed by atoms with E-state index in [-0.39, 0.29) is 10.6 Å². The van der Waals surface area contributed by atoms with Gasteiger partial charge in [-0.15, -0.1) is 0 Å². The van der Waals surface area contributed by atoms with E-state index >= 15 is 0 Å². The molecule has 5 heteroatoms. The Morgan fingerprint density at radius 1 is 1.27 bits per heavy atom. The maximum absolute atomic E-state index is 9.52. The van der Waals surface area contributed by atoms with Gasteiger partial charge in [0.15, 0.2) is 6.10 Å². The van der Waals surface area contributed by atoms with Crippen LogP contribution in [0.25, 0.3) is 0 Å². The molecule has 0 aliphatic rings. The zero-order chi connectivity index (χ0) is 11.4. The average molecular weight is 223 g/mol. The third kappa shape index (κ3) is 2.45. The molecule has 0 aliphatic heterocycles. The Kier molecular flexibility index (Phi) is 3.65. The van der Waals surface area contributed by atoms with Crippen molar-refractivity contribution in [1.29, 1.82) is 10.5 Å². The lowest BCUT2D eigenvalue weighted by molar-refractivity contribution is 0.0528. The molecule has 2 atom stereocenters. The average Bonchev–Trinajstić information content (AvgIpc) is 2.27. The van der Waals surface area contributed by atoms with Crippen molar-refractivity contribution in [2.75, 3.05) is 0 Å². The third-order valence-corrected chi connectivity index (χ3v) is 2.22. The number of nitriles is 2. The summed E-state index contributed by atoms with van der Waals surface area (Å²) in [6.45, 7) is 0. The van der Waals surface area contributed by atoms with Gasteiger partial charge in [0, 0.05) is 10.6 Å². The fourth-order valence-corrected chi connectivity index (χ4v) is 1.31. The first-order valence-electron chi connectivity index (χ1n) is 4.05. The van der Waals surface area contributed by atoms with Gasteiger partial charge < -0.3 is 10.2 Å². The highest BCUT2D eigenvalue weighted by Gasteiger charge is 2.20. The predicted octanol–water partition coefficient (Wildman–Crippen LogP) is 1.13. The second-order valence-corrected chi connectivity index (χ2v) is 3.27. The zero-order valence-electron chi connectivity index (χ0n) is 7.55. The van der Waals surface area contributed by atoms with Gasteiger partial charge in [-0.3, -0.25) is 0 Å². The van der Waals surface area contributed by atoms with Crippen molar-refractivity contribution in [1.82, 2.24) is 0 Å². The van der Waals surface area contributed by atoms with Crippen LogP contribution in [0.2, 0.25) is 5.02 Å². The highest BCUT2D eigenvalue weighted by Crippen LogP contribution is 2.26. The van der Waals surface area contributed by atoms with Gasteiger partial charge in [-0.05, 0) is 18.2 Å². The van der Waals surface area contributed by atoms with Crippen LogP contribution >= 0.6 is 11.6 Å². The van der Waals surface area contributed by atoms with Crippen molar-refractivity contribution >= 4 is 11.6 Å². The summed E-state index contributed by atoms with van der Waals surface area (Å²) in [5.74, 6) is 0. The van der Waals surface area contributed by atoms with Gasteiger partial charge >= 0.3 is 0 Å². The van der Waals surface area contributed by atoms with E-state index in [1.807, 2.05) is 6.07 Å². The number of aliphatic hydroxyl groups excluding tert-OH is 2. The highest BCUT2D eigenvalue weighted by atomic mass is 35.5. The standard InChI is InChI=1S/C10H7ClN2O2/c11-8-2-1-6(4-12)3-7(8)10(15)9(14)5-13/h1-3,9-10,14-15H. The van der Waals surface area contributed by atoms with Crippen LogP contribution in [0.15, 0.2) is 18.2 Å². The van der Waals surface area contributed by atoms with E-state index < -0.39 is 12.2 Å². The molecule has 0 saturated heterocycles. The Hall–Kier alpha value is -1.59. The monoisotopic (exact) mass is 222 g/mol. The predicted molar refractivity (Wildman–Crippen MR) is 52.7 cm³/mol. The summed E-state index contributed by atoms with van der Waals surface area (Å²) >= 11 is 5.76. The van der Waals surface area contributed by atoms with Crippen LogP contribution in [0.3, 0.4) is 0 Å². The Morgan fingerprint density at radius 2 is 1.93 bits per heavy atom. The van der Waals surface area contributed by atoms with E-state index in [2.05, 4.69) is 0 Å². The SMILES string of the molecule is N#Cc1ccc(Cl)c(C(O)C(O)C#N)c1. The minimum absolute atomic E-state index is 0.171. The molecule has 2 N–H and O–H groups in total. The Balaban J connectivity index is 3.14. The number of nitrogens with zero attached hydrogens (tertiary/aromatic N) is 2. The minimum Gasteiger partial charge on any atom is -0.384 e. The molecule has 1 rings (SSSR count). The number of hydrogen-bond donors (Lipinski definition) is 2. The first-order chi connectivity index (χ1) is 7.10. The van der Waals surface area contributed by atoms with Crippen molar-refractivity contribution in [2.45, 2.75) is 12.2 Å². The maximum atomic E-state index is 9.52. The van der Waals surface area contributed by atoms with E-state index in [0.717, 1.165) is 0 Å². The summed E-state index contributed by atoms with van der Waals surface area (Å²) in [7, 11) is 0. The molecule has 0 spiro atoms.